The number of halogens is 1. The summed E-state index contributed by atoms with van der Waals surface area (Å²) < 4.78 is 6.54. The molecule has 1 amide bonds. The number of amides is 1. The second-order valence-electron chi connectivity index (χ2n) is 6.63. The summed E-state index contributed by atoms with van der Waals surface area (Å²) in [5.41, 5.74) is 2.81. The zero-order chi connectivity index (χ0) is 21.6. The average Bonchev–Trinajstić information content (AvgIpc) is 3.14. The topological polar surface area (TPSA) is 77.0 Å². The largest absolute Gasteiger partial charge is 0.483 e. The first-order valence-corrected chi connectivity index (χ1v) is 10.2. The number of nitrogens with zero attached hydrogens (tertiary/aromatic N) is 1. The molecule has 7 heteroatoms. The molecule has 1 aliphatic rings. The van der Waals surface area contributed by atoms with Crippen LogP contribution in [0.25, 0.3) is 6.08 Å². The van der Waals surface area contributed by atoms with Crippen LogP contribution in [0.15, 0.2) is 94.1 Å². The number of rotatable bonds is 6. The predicted octanol–water partition coefficient (Wildman–Crippen LogP) is 4.81. The van der Waals surface area contributed by atoms with Gasteiger partial charge in [-0.05, 0) is 36.4 Å². The summed E-state index contributed by atoms with van der Waals surface area (Å²) >= 11 is 3.43. The van der Waals surface area contributed by atoms with Gasteiger partial charge in [0.1, 0.15) is 11.5 Å². The number of para-hydroxylation sites is 1. The lowest BCUT2D eigenvalue weighted by Gasteiger charge is -2.11. The molecule has 1 N–H and O–H groups in total. The van der Waals surface area contributed by atoms with Gasteiger partial charge in [0.25, 0.3) is 5.91 Å². The summed E-state index contributed by atoms with van der Waals surface area (Å²) in [6.07, 6.45) is 1.65. The van der Waals surface area contributed by atoms with Crippen LogP contribution in [0.5, 0.6) is 5.75 Å². The third-order valence-electron chi connectivity index (χ3n) is 4.43. The van der Waals surface area contributed by atoms with Crippen LogP contribution in [0.2, 0.25) is 0 Å². The number of ether oxygens (including phenoxy) is 1. The summed E-state index contributed by atoms with van der Waals surface area (Å²) in [6.45, 7) is -0.184. The highest BCUT2D eigenvalue weighted by Gasteiger charge is 2.27. The Hall–Kier alpha value is -3.71. The maximum absolute atomic E-state index is 12.3. The van der Waals surface area contributed by atoms with Crippen molar-refractivity contribution in [2.75, 3.05) is 11.9 Å². The lowest BCUT2D eigenvalue weighted by atomic mass is 10.0. The van der Waals surface area contributed by atoms with Crippen molar-refractivity contribution in [3.63, 3.8) is 0 Å². The number of anilines is 1. The molecule has 154 valence electrons. The monoisotopic (exact) mass is 476 g/mol. The first-order valence-electron chi connectivity index (χ1n) is 9.44. The van der Waals surface area contributed by atoms with Gasteiger partial charge < -0.3 is 14.9 Å². The molecular weight excluding hydrogens is 460 g/mol. The predicted molar refractivity (Wildman–Crippen MR) is 122 cm³/mol. The molecule has 0 atom stereocenters. The molecule has 1 aliphatic heterocycles. The minimum Gasteiger partial charge on any atom is -0.483 e. The van der Waals surface area contributed by atoms with Gasteiger partial charge in [0.05, 0.1) is 5.57 Å². The second kappa shape index (κ2) is 9.40. The van der Waals surface area contributed by atoms with Crippen molar-refractivity contribution in [1.29, 1.82) is 0 Å². The van der Waals surface area contributed by atoms with Crippen molar-refractivity contribution < 1.29 is 19.2 Å². The maximum atomic E-state index is 12.3. The lowest BCUT2D eigenvalue weighted by molar-refractivity contribution is -0.136. The fourth-order valence-electron chi connectivity index (χ4n) is 2.99. The molecule has 1 heterocycles. The molecule has 0 saturated heterocycles. The van der Waals surface area contributed by atoms with E-state index in [0.29, 0.717) is 28.3 Å². The van der Waals surface area contributed by atoms with Crippen LogP contribution in [-0.2, 0) is 14.4 Å². The van der Waals surface area contributed by atoms with E-state index in [9.17, 15) is 9.59 Å². The Kier molecular flexibility index (Phi) is 6.24. The van der Waals surface area contributed by atoms with Crippen LogP contribution in [0, 0.1) is 0 Å². The SMILES string of the molecule is O=C(COc1ccc(Br)cc1C=C1C(=O)ON=C1c1ccccc1)Nc1ccccc1. The van der Waals surface area contributed by atoms with Gasteiger partial charge in [0.2, 0.25) is 0 Å². The van der Waals surface area contributed by atoms with Gasteiger partial charge in [-0.25, -0.2) is 4.79 Å². The number of carbonyl (C=O) groups excluding carboxylic acids is 2. The standard InChI is InChI=1S/C24H17BrN2O4/c25-18-11-12-21(30-15-22(28)26-19-9-5-2-6-10-19)17(13-18)14-20-23(27-31-24(20)29)16-7-3-1-4-8-16/h1-14H,15H2,(H,26,28). The Balaban J connectivity index is 1.56. The van der Waals surface area contributed by atoms with Crippen molar-refractivity contribution >= 4 is 45.3 Å². The minimum atomic E-state index is -0.549. The van der Waals surface area contributed by atoms with Crippen molar-refractivity contribution in [2.45, 2.75) is 0 Å². The van der Waals surface area contributed by atoms with Crippen LogP contribution in [-0.4, -0.2) is 24.2 Å². The highest BCUT2D eigenvalue weighted by Crippen LogP contribution is 2.28. The van der Waals surface area contributed by atoms with Crippen molar-refractivity contribution in [3.05, 3.63) is 100 Å². The summed E-state index contributed by atoms with van der Waals surface area (Å²) in [6, 6.07) is 23.7. The molecule has 0 saturated carbocycles. The average molecular weight is 477 g/mol. The molecule has 6 nitrogen and oxygen atoms in total. The fraction of sp³-hybridized carbons (Fsp3) is 0.0417. The number of nitrogens with one attached hydrogen (secondary N) is 1. The zero-order valence-corrected chi connectivity index (χ0v) is 17.8. The minimum absolute atomic E-state index is 0.184. The first kappa shape index (κ1) is 20.6. The van der Waals surface area contributed by atoms with Gasteiger partial charge in [-0.1, -0.05) is 69.6 Å². The normalized spacial score (nSPS) is 14.2. The first-order chi connectivity index (χ1) is 15.1. The molecule has 3 aromatic rings. The van der Waals surface area contributed by atoms with Crippen LogP contribution in [0.3, 0.4) is 0 Å². The van der Waals surface area contributed by atoms with E-state index in [1.54, 1.807) is 36.4 Å². The number of hydrogen-bond donors (Lipinski definition) is 1. The van der Waals surface area contributed by atoms with Crippen molar-refractivity contribution in [1.82, 2.24) is 0 Å². The van der Waals surface area contributed by atoms with Crippen LogP contribution in [0.4, 0.5) is 5.69 Å². The van der Waals surface area contributed by atoms with Gasteiger partial charge in [-0.2, -0.15) is 0 Å². The quantitative estimate of drug-likeness (QED) is 0.409. The van der Waals surface area contributed by atoms with E-state index in [1.165, 1.54) is 0 Å². The van der Waals surface area contributed by atoms with Crippen LogP contribution >= 0.6 is 15.9 Å². The molecule has 0 radical (unpaired) electrons. The van der Waals surface area contributed by atoms with Crippen LogP contribution < -0.4 is 10.1 Å². The molecule has 0 bridgehead atoms. The summed E-state index contributed by atoms with van der Waals surface area (Å²) in [5.74, 6) is -0.392. The molecule has 0 aliphatic carbocycles. The van der Waals surface area contributed by atoms with E-state index in [2.05, 4.69) is 26.4 Å². The lowest BCUT2D eigenvalue weighted by Crippen LogP contribution is -2.20. The molecule has 3 aromatic carbocycles. The fourth-order valence-corrected chi connectivity index (χ4v) is 3.37. The molecule has 0 aromatic heterocycles. The third kappa shape index (κ3) is 5.07. The van der Waals surface area contributed by atoms with Crippen molar-refractivity contribution in [2.24, 2.45) is 5.16 Å². The van der Waals surface area contributed by atoms with E-state index in [1.807, 2.05) is 48.5 Å². The third-order valence-corrected chi connectivity index (χ3v) is 4.92. The van der Waals surface area contributed by atoms with Crippen molar-refractivity contribution in [3.8, 4) is 5.75 Å². The van der Waals surface area contributed by atoms with Crippen LogP contribution in [0.1, 0.15) is 11.1 Å². The molecule has 0 fully saturated rings. The summed E-state index contributed by atoms with van der Waals surface area (Å²) in [7, 11) is 0. The van der Waals surface area contributed by atoms with Gasteiger partial charge in [-0.15, -0.1) is 0 Å². The number of carbonyl (C=O) groups is 2. The van der Waals surface area contributed by atoms with Gasteiger partial charge in [-0.3, -0.25) is 4.79 Å². The molecule has 0 unspecified atom stereocenters. The summed E-state index contributed by atoms with van der Waals surface area (Å²) in [5, 5.41) is 6.69. The van der Waals surface area contributed by atoms with E-state index in [4.69, 9.17) is 9.57 Å². The Morgan fingerprint density at radius 2 is 1.74 bits per heavy atom. The van der Waals surface area contributed by atoms with Gasteiger partial charge in [0, 0.05) is 21.3 Å². The van der Waals surface area contributed by atoms with Gasteiger partial charge >= 0.3 is 5.97 Å². The highest BCUT2D eigenvalue weighted by atomic mass is 79.9. The summed E-state index contributed by atoms with van der Waals surface area (Å²) in [4.78, 5) is 29.5. The zero-order valence-electron chi connectivity index (χ0n) is 16.2. The smallest absolute Gasteiger partial charge is 0.368 e. The Bertz CT molecular complexity index is 1170. The van der Waals surface area contributed by atoms with Gasteiger partial charge in [0.15, 0.2) is 6.61 Å². The number of hydrogen-bond acceptors (Lipinski definition) is 5. The van der Waals surface area contributed by atoms with E-state index in [-0.39, 0.29) is 12.5 Å². The number of oxime groups is 1. The van der Waals surface area contributed by atoms with E-state index >= 15 is 0 Å². The number of benzene rings is 3. The molecular formula is C24H17BrN2O4. The molecule has 4 rings (SSSR count). The Morgan fingerprint density at radius 3 is 2.48 bits per heavy atom. The van der Waals surface area contributed by atoms with E-state index in [0.717, 1.165) is 10.0 Å². The molecule has 0 spiro atoms. The second-order valence-corrected chi connectivity index (χ2v) is 7.54. The van der Waals surface area contributed by atoms with E-state index < -0.39 is 5.97 Å². The Morgan fingerprint density at radius 1 is 1.03 bits per heavy atom. The highest BCUT2D eigenvalue weighted by molar-refractivity contribution is 9.10. The maximum Gasteiger partial charge on any atom is 0.368 e. The Labute approximate surface area is 187 Å². The molecule has 31 heavy (non-hydrogen) atoms.